The molecule has 1 N–H and O–H groups in total. The Morgan fingerprint density at radius 2 is 1.91 bits per heavy atom. The molecule has 1 aromatic carbocycles. The van der Waals surface area contributed by atoms with E-state index in [1.54, 1.807) is 0 Å². The second kappa shape index (κ2) is 6.90. The van der Waals surface area contributed by atoms with Crippen molar-refractivity contribution in [3.63, 3.8) is 0 Å². The first-order chi connectivity index (χ1) is 11.2. The van der Waals surface area contributed by atoms with E-state index in [1.165, 1.54) is 11.3 Å². The Kier molecular flexibility index (Phi) is 4.70. The fourth-order valence-corrected chi connectivity index (χ4v) is 3.22. The van der Waals surface area contributed by atoms with E-state index in [0.29, 0.717) is 5.69 Å². The summed E-state index contributed by atoms with van der Waals surface area (Å²) in [5.74, 6) is 0.122. The molecule has 0 atom stereocenters. The van der Waals surface area contributed by atoms with Crippen LogP contribution >= 0.6 is 0 Å². The summed E-state index contributed by atoms with van der Waals surface area (Å²) < 4.78 is 0. The predicted octanol–water partition coefficient (Wildman–Crippen LogP) is 3.24. The van der Waals surface area contributed by atoms with Crippen molar-refractivity contribution >= 4 is 11.6 Å². The van der Waals surface area contributed by atoms with Crippen LogP contribution in [-0.4, -0.2) is 42.0 Å². The molecule has 0 unspecified atom stereocenters. The van der Waals surface area contributed by atoms with Crippen LogP contribution in [0.2, 0.25) is 0 Å². The molecule has 2 heterocycles. The third-order valence-corrected chi connectivity index (χ3v) is 4.60. The van der Waals surface area contributed by atoms with E-state index in [4.69, 9.17) is 0 Å². The molecule has 1 saturated heterocycles. The van der Waals surface area contributed by atoms with Gasteiger partial charge in [0.25, 0.3) is 5.91 Å². The van der Waals surface area contributed by atoms with Gasteiger partial charge in [-0.05, 0) is 43.5 Å². The maximum atomic E-state index is 12.7. The molecule has 1 aliphatic rings. The molecule has 0 aliphatic carbocycles. The Labute approximate surface area is 138 Å². The number of rotatable bonds is 3. The van der Waals surface area contributed by atoms with Gasteiger partial charge in [0, 0.05) is 37.6 Å². The van der Waals surface area contributed by atoms with Gasteiger partial charge in [0.2, 0.25) is 0 Å². The van der Waals surface area contributed by atoms with Crippen molar-refractivity contribution < 1.29 is 4.79 Å². The van der Waals surface area contributed by atoms with Crippen molar-refractivity contribution in [2.75, 3.05) is 31.1 Å². The molecule has 0 spiro atoms. The highest BCUT2D eigenvalue weighted by atomic mass is 16.2. The average molecular weight is 311 g/mol. The second-order valence-electron chi connectivity index (χ2n) is 6.17. The van der Waals surface area contributed by atoms with Gasteiger partial charge in [-0.25, -0.2) is 0 Å². The van der Waals surface area contributed by atoms with E-state index in [9.17, 15) is 4.79 Å². The monoisotopic (exact) mass is 311 g/mol. The Morgan fingerprint density at radius 3 is 2.65 bits per heavy atom. The summed E-state index contributed by atoms with van der Waals surface area (Å²) in [4.78, 5) is 20.3. The van der Waals surface area contributed by atoms with Gasteiger partial charge in [0.15, 0.2) is 0 Å². The van der Waals surface area contributed by atoms with Gasteiger partial charge in [-0.1, -0.05) is 25.1 Å². The number of nitrogens with one attached hydrogen (secondary N) is 1. The van der Waals surface area contributed by atoms with Gasteiger partial charge in [-0.15, -0.1) is 0 Å². The summed E-state index contributed by atoms with van der Waals surface area (Å²) in [5.41, 5.74) is 4.41. The molecule has 1 fully saturated rings. The molecule has 4 heteroatoms. The number of hydrogen-bond donors (Lipinski definition) is 1. The quantitative estimate of drug-likeness (QED) is 0.945. The molecule has 2 aromatic rings. The first kappa shape index (κ1) is 15.7. The van der Waals surface area contributed by atoms with E-state index < -0.39 is 0 Å². The maximum Gasteiger partial charge on any atom is 0.270 e. The van der Waals surface area contributed by atoms with Crippen molar-refractivity contribution in [2.45, 2.75) is 26.7 Å². The summed E-state index contributed by atoms with van der Waals surface area (Å²) >= 11 is 0. The van der Waals surface area contributed by atoms with Gasteiger partial charge >= 0.3 is 0 Å². The molecule has 3 rings (SSSR count). The Bertz CT molecular complexity index is 677. The van der Waals surface area contributed by atoms with Gasteiger partial charge < -0.3 is 14.8 Å². The highest BCUT2D eigenvalue weighted by molar-refractivity contribution is 5.92. The third-order valence-electron chi connectivity index (χ3n) is 4.60. The number of para-hydroxylation sites is 1. The largest absolute Gasteiger partial charge is 0.369 e. The van der Waals surface area contributed by atoms with Crippen molar-refractivity contribution in [1.29, 1.82) is 0 Å². The zero-order valence-corrected chi connectivity index (χ0v) is 14.0. The van der Waals surface area contributed by atoms with Crippen LogP contribution in [0.3, 0.4) is 0 Å². The van der Waals surface area contributed by atoms with E-state index in [2.05, 4.69) is 48.0 Å². The van der Waals surface area contributed by atoms with Crippen molar-refractivity contribution in [2.24, 2.45) is 0 Å². The molecular formula is C19H25N3O. The Morgan fingerprint density at radius 1 is 1.09 bits per heavy atom. The lowest BCUT2D eigenvalue weighted by Crippen LogP contribution is -2.35. The van der Waals surface area contributed by atoms with Gasteiger partial charge in [-0.3, -0.25) is 4.79 Å². The van der Waals surface area contributed by atoms with Crippen LogP contribution in [0.1, 0.15) is 35.1 Å². The molecule has 23 heavy (non-hydrogen) atoms. The summed E-state index contributed by atoms with van der Waals surface area (Å²) in [7, 11) is 0. The number of aryl methyl sites for hydroxylation is 2. The number of anilines is 1. The minimum absolute atomic E-state index is 0.122. The minimum atomic E-state index is 0.122. The van der Waals surface area contributed by atoms with Crippen LogP contribution in [0.4, 0.5) is 5.69 Å². The number of H-pyrrole nitrogens is 1. The molecule has 122 valence electrons. The van der Waals surface area contributed by atoms with Crippen molar-refractivity contribution in [1.82, 2.24) is 9.88 Å². The molecule has 4 nitrogen and oxygen atoms in total. The summed E-state index contributed by atoms with van der Waals surface area (Å²) in [6, 6.07) is 12.4. The van der Waals surface area contributed by atoms with E-state index in [1.807, 2.05) is 17.0 Å². The van der Waals surface area contributed by atoms with E-state index >= 15 is 0 Å². The predicted molar refractivity (Wildman–Crippen MR) is 94.1 cm³/mol. The highest BCUT2D eigenvalue weighted by Crippen LogP contribution is 2.21. The molecule has 0 bridgehead atoms. The van der Waals surface area contributed by atoms with Crippen LogP contribution < -0.4 is 4.90 Å². The van der Waals surface area contributed by atoms with Crippen LogP contribution in [0, 0.1) is 6.92 Å². The lowest BCUT2D eigenvalue weighted by molar-refractivity contribution is 0.0761. The summed E-state index contributed by atoms with van der Waals surface area (Å²) in [6.07, 6.45) is 1.93. The minimum Gasteiger partial charge on any atom is -0.369 e. The van der Waals surface area contributed by atoms with E-state index in [-0.39, 0.29) is 5.91 Å². The number of aromatic nitrogens is 1. The third kappa shape index (κ3) is 3.41. The fourth-order valence-electron chi connectivity index (χ4n) is 3.22. The van der Waals surface area contributed by atoms with Crippen LogP contribution in [0.25, 0.3) is 0 Å². The molecule has 1 aliphatic heterocycles. The number of aromatic amines is 1. The zero-order valence-electron chi connectivity index (χ0n) is 14.0. The lowest BCUT2D eigenvalue weighted by Gasteiger charge is -2.25. The standard InChI is InChI=1S/C19H25N3O/c1-3-16-9-10-17(20-16)19(23)22-12-6-11-21(13-14-22)18-8-5-4-7-15(18)2/h4-5,7-10,20H,3,6,11-14H2,1-2H3. The van der Waals surface area contributed by atoms with Crippen LogP contribution in [0.15, 0.2) is 36.4 Å². The van der Waals surface area contributed by atoms with Crippen molar-refractivity contribution in [3.05, 3.63) is 53.3 Å². The molecule has 0 radical (unpaired) electrons. The number of hydrogen-bond acceptors (Lipinski definition) is 2. The van der Waals surface area contributed by atoms with Crippen LogP contribution in [0.5, 0.6) is 0 Å². The average Bonchev–Trinajstić information content (AvgIpc) is 2.92. The maximum absolute atomic E-state index is 12.7. The first-order valence-corrected chi connectivity index (χ1v) is 8.46. The lowest BCUT2D eigenvalue weighted by atomic mass is 10.2. The summed E-state index contributed by atoms with van der Waals surface area (Å²) in [6.45, 7) is 7.72. The molecule has 0 saturated carbocycles. The fraction of sp³-hybridized carbons (Fsp3) is 0.421. The number of nitrogens with zero attached hydrogens (tertiary/aromatic N) is 2. The topological polar surface area (TPSA) is 39.3 Å². The smallest absolute Gasteiger partial charge is 0.270 e. The van der Waals surface area contributed by atoms with Crippen molar-refractivity contribution in [3.8, 4) is 0 Å². The highest BCUT2D eigenvalue weighted by Gasteiger charge is 2.21. The SMILES string of the molecule is CCc1ccc(C(=O)N2CCCN(c3ccccc3C)CC2)[nH]1. The van der Waals surface area contributed by atoms with E-state index in [0.717, 1.165) is 44.7 Å². The molecule has 1 aromatic heterocycles. The van der Waals surface area contributed by atoms with Gasteiger partial charge in [0.1, 0.15) is 5.69 Å². The zero-order chi connectivity index (χ0) is 16.2. The molecule has 1 amide bonds. The number of amides is 1. The number of carbonyl (C=O) groups excluding carboxylic acids is 1. The summed E-state index contributed by atoms with van der Waals surface area (Å²) in [5, 5.41) is 0. The Hall–Kier alpha value is -2.23. The molecular weight excluding hydrogens is 286 g/mol. The first-order valence-electron chi connectivity index (χ1n) is 8.46. The number of benzene rings is 1. The number of carbonyl (C=O) groups is 1. The Balaban J connectivity index is 1.68. The van der Waals surface area contributed by atoms with Gasteiger partial charge in [0.05, 0.1) is 0 Å². The van der Waals surface area contributed by atoms with Crippen LogP contribution in [-0.2, 0) is 6.42 Å². The second-order valence-corrected chi connectivity index (χ2v) is 6.17. The normalized spacial score (nSPS) is 15.6. The van der Waals surface area contributed by atoms with Gasteiger partial charge in [-0.2, -0.15) is 0 Å².